The predicted octanol–water partition coefficient (Wildman–Crippen LogP) is 4.88. The fraction of sp³-hybridized carbons (Fsp3) is 0.488. The number of nitrogens with zero attached hydrogens (tertiary/aromatic N) is 7. The summed E-state index contributed by atoms with van der Waals surface area (Å²) in [5, 5.41) is 3.81. The van der Waals surface area contributed by atoms with Crippen LogP contribution in [0.4, 0.5) is 20.2 Å². The lowest BCUT2D eigenvalue weighted by atomic mass is 9.92. The number of pyridine rings is 1. The van der Waals surface area contributed by atoms with Crippen molar-refractivity contribution in [2.45, 2.75) is 63.6 Å². The molecule has 0 aliphatic carbocycles. The van der Waals surface area contributed by atoms with E-state index in [1.54, 1.807) is 30.6 Å². The van der Waals surface area contributed by atoms with Crippen LogP contribution in [0.2, 0.25) is 0 Å². The third-order valence-corrected chi connectivity index (χ3v) is 12.8. The fourth-order valence-corrected chi connectivity index (χ4v) is 9.63. The summed E-state index contributed by atoms with van der Waals surface area (Å²) in [6.45, 7) is 6.34. The normalized spacial score (nSPS) is 22.5. The third kappa shape index (κ3) is 6.62. The van der Waals surface area contributed by atoms with Crippen LogP contribution in [0.5, 0.6) is 0 Å². The molecule has 14 heteroatoms. The Morgan fingerprint density at radius 3 is 2.15 bits per heavy atom. The van der Waals surface area contributed by atoms with Gasteiger partial charge in [-0.05, 0) is 87.4 Å². The van der Waals surface area contributed by atoms with Crippen molar-refractivity contribution >= 4 is 56.8 Å². The van der Waals surface area contributed by atoms with E-state index in [9.17, 15) is 28.0 Å². The average Bonchev–Trinajstić information content (AvgIpc) is 3.67. The third-order valence-electron chi connectivity index (χ3n) is 12.8. The van der Waals surface area contributed by atoms with Crippen LogP contribution < -0.4 is 15.1 Å². The molecule has 0 radical (unpaired) electrons. The smallest absolute Gasteiger partial charge is 0.319 e. The molecule has 288 valence electrons. The van der Waals surface area contributed by atoms with Crippen molar-refractivity contribution < 1.29 is 28.0 Å². The van der Waals surface area contributed by atoms with E-state index >= 15 is 0 Å². The summed E-state index contributed by atoms with van der Waals surface area (Å²) >= 11 is 0. The molecule has 4 saturated heterocycles. The number of hydrogen-bond donors (Lipinski definition) is 1. The molecule has 0 bridgehead atoms. The number of aromatic nitrogens is 2. The molecular weight excluding hydrogens is 706 g/mol. The molecule has 5 aliphatic rings. The first-order chi connectivity index (χ1) is 26.7. The van der Waals surface area contributed by atoms with Crippen LogP contribution in [0.25, 0.3) is 21.8 Å². The van der Waals surface area contributed by atoms with Gasteiger partial charge in [0.15, 0.2) is 0 Å². The summed E-state index contributed by atoms with van der Waals surface area (Å²) < 4.78 is 29.4. The standard InChI is InChI=1S/C41H46F2N8O4/c42-41(43)50-34-7-13-44-25-33(34)30-3-1-29(24-36(30)50)48-17-11-27(12-18-48)49-21-19-46(20-22-49)14-8-26-9-15-47(16-10-26)28-2-4-31-32(23-28)40(55)51(39(31)54)35-5-6-37(52)45-38(35)53/h1-4,7,13,23-27,35,41H,5-6,8-12,14-22H2,(H,45,52,53). The van der Waals surface area contributed by atoms with Gasteiger partial charge in [0.25, 0.3) is 11.8 Å². The maximum atomic E-state index is 14.1. The second-order valence-electron chi connectivity index (χ2n) is 15.7. The van der Waals surface area contributed by atoms with Crippen LogP contribution in [-0.2, 0) is 9.59 Å². The molecule has 55 heavy (non-hydrogen) atoms. The first-order valence-electron chi connectivity index (χ1n) is 19.7. The Hall–Kier alpha value is -4.95. The van der Waals surface area contributed by atoms with E-state index in [0.717, 1.165) is 123 Å². The van der Waals surface area contributed by atoms with E-state index in [1.165, 1.54) is 0 Å². The maximum Gasteiger partial charge on any atom is 0.319 e. The number of anilines is 2. The number of amides is 4. The van der Waals surface area contributed by atoms with Gasteiger partial charge in [0, 0.05) is 99.4 Å². The van der Waals surface area contributed by atoms with Gasteiger partial charge in [-0.2, -0.15) is 8.78 Å². The van der Waals surface area contributed by atoms with E-state index in [-0.39, 0.29) is 18.7 Å². The zero-order chi connectivity index (χ0) is 37.8. The zero-order valence-electron chi connectivity index (χ0n) is 30.8. The molecule has 0 saturated carbocycles. The monoisotopic (exact) mass is 752 g/mol. The Morgan fingerprint density at radius 2 is 1.42 bits per heavy atom. The molecule has 2 aromatic carbocycles. The number of rotatable bonds is 8. The van der Waals surface area contributed by atoms with E-state index in [0.29, 0.717) is 34.1 Å². The van der Waals surface area contributed by atoms with E-state index in [2.05, 4.69) is 36.0 Å². The van der Waals surface area contributed by atoms with Gasteiger partial charge in [0.05, 0.1) is 22.2 Å². The molecule has 0 spiro atoms. The highest BCUT2D eigenvalue weighted by Crippen LogP contribution is 2.36. The average molecular weight is 753 g/mol. The Bertz CT molecular complexity index is 2150. The first-order valence-corrected chi connectivity index (χ1v) is 19.7. The number of imide groups is 2. The molecular formula is C41H46F2N8O4. The van der Waals surface area contributed by atoms with Crippen LogP contribution in [0.15, 0.2) is 54.9 Å². The number of piperidine rings is 3. The fourth-order valence-electron chi connectivity index (χ4n) is 9.63. The lowest BCUT2D eigenvalue weighted by Gasteiger charge is -2.43. The molecule has 12 nitrogen and oxygen atoms in total. The topological polar surface area (TPSA) is 114 Å². The molecule has 4 fully saturated rings. The highest BCUT2D eigenvalue weighted by atomic mass is 19.3. The van der Waals surface area contributed by atoms with Gasteiger partial charge in [-0.3, -0.25) is 43.8 Å². The summed E-state index contributed by atoms with van der Waals surface area (Å²) in [6.07, 6.45) is 8.90. The molecule has 9 rings (SSSR count). The van der Waals surface area contributed by atoms with Gasteiger partial charge in [-0.15, -0.1) is 0 Å². The Labute approximate surface area is 318 Å². The van der Waals surface area contributed by atoms with Crippen molar-refractivity contribution in [3.05, 3.63) is 66.0 Å². The summed E-state index contributed by atoms with van der Waals surface area (Å²) in [4.78, 5) is 65.5. The molecule has 2 aromatic heterocycles. The number of piperazine rings is 1. The lowest BCUT2D eigenvalue weighted by molar-refractivity contribution is -0.136. The highest BCUT2D eigenvalue weighted by Gasteiger charge is 2.45. The van der Waals surface area contributed by atoms with Gasteiger partial charge in [0.2, 0.25) is 11.8 Å². The van der Waals surface area contributed by atoms with Crippen molar-refractivity contribution in [2.24, 2.45) is 5.92 Å². The molecule has 4 aromatic rings. The summed E-state index contributed by atoms with van der Waals surface area (Å²) in [5.74, 6) is -1.29. The van der Waals surface area contributed by atoms with Crippen LogP contribution >= 0.6 is 0 Å². The summed E-state index contributed by atoms with van der Waals surface area (Å²) in [7, 11) is 0. The number of halogens is 2. The SMILES string of the molecule is O=C1CCC(N2C(=O)c3ccc(N4CCC(CCN5CCN(C6CCN(c7ccc8c9cnccc9n(C(F)F)c8c7)CC6)CC5)CC4)cc3C2=O)C(=O)N1. The molecule has 4 amide bonds. The molecule has 7 heterocycles. The maximum absolute atomic E-state index is 14.1. The predicted molar refractivity (Wildman–Crippen MR) is 204 cm³/mol. The Balaban J connectivity index is 0.724. The molecule has 5 aliphatic heterocycles. The van der Waals surface area contributed by atoms with Gasteiger partial charge < -0.3 is 14.7 Å². The minimum atomic E-state index is -2.62. The number of benzene rings is 2. The van der Waals surface area contributed by atoms with Crippen LogP contribution in [0.1, 0.15) is 72.2 Å². The van der Waals surface area contributed by atoms with Crippen LogP contribution in [0.3, 0.4) is 0 Å². The number of hydrogen-bond acceptors (Lipinski definition) is 9. The Kier molecular flexibility index (Phi) is 9.49. The number of carbonyl (C=O) groups is 4. The van der Waals surface area contributed by atoms with Gasteiger partial charge in [-0.25, -0.2) is 0 Å². The van der Waals surface area contributed by atoms with Crippen molar-refractivity contribution in [3.63, 3.8) is 0 Å². The van der Waals surface area contributed by atoms with Crippen LogP contribution in [-0.4, -0.2) is 119 Å². The van der Waals surface area contributed by atoms with Crippen molar-refractivity contribution in [2.75, 3.05) is 68.7 Å². The quantitative estimate of drug-likeness (QED) is 0.252. The molecule has 1 N–H and O–H groups in total. The number of alkyl halides is 2. The second-order valence-corrected chi connectivity index (χ2v) is 15.7. The molecule has 1 atom stereocenters. The van der Waals surface area contributed by atoms with Gasteiger partial charge in [-0.1, -0.05) is 6.07 Å². The molecule has 1 unspecified atom stereocenters. The Morgan fingerprint density at radius 1 is 0.727 bits per heavy atom. The zero-order valence-corrected chi connectivity index (χ0v) is 30.8. The lowest BCUT2D eigenvalue weighted by Crippen LogP contribution is -2.54. The highest BCUT2D eigenvalue weighted by molar-refractivity contribution is 6.23. The van der Waals surface area contributed by atoms with Crippen molar-refractivity contribution in [3.8, 4) is 0 Å². The van der Waals surface area contributed by atoms with Gasteiger partial charge >= 0.3 is 6.55 Å². The second kappa shape index (κ2) is 14.6. The van der Waals surface area contributed by atoms with Crippen molar-refractivity contribution in [1.82, 2.24) is 29.6 Å². The van der Waals surface area contributed by atoms with E-state index in [1.807, 2.05) is 18.2 Å². The minimum Gasteiger partial charge on any atom is -0.371 e. The van der Waals surface area contributed by atoms with Gasteiger partial charge in [0.1, 0.15) is 6.04 Å². The van der Waals surface area contributed by atoms with E-state index in [4.69, 9.17) is 0 Å². The van der Waals surface area contributed by atoms with Crippen molar-refractivity contribution in [1.29, 1.82) is 0 Å². The minimum absolute atomic E-state index is 0.100. The number of fused-ring (bicyclic) bond motifs is 4. The summed E-state index contributed by atoms with van der Waals surface area (Å²) in [5.41, 5.74) is 3.61. The van der Waals surface area contributed by atoms with E-state index < -0.39 is 30.3 Å². The largest absolute Gasteiger partial charge is 0.371 e. The first kappa shape index (κ1) is 35.7. The van der Waals surface area contributed by atoms with Crippen LogP contribution in [0, 0.1) is 5.92 Å². The summed E-state index contributed by atoms with van der Waals surface area (Å²) in [6, 6.07) is 12.6. The number of nitrogens with one attached hydrogen (secondary N) is 1. The number of carbonyl (C=O) groups excluding carboxylic acids is 4.